The Hall–Kier alpha value is -1.18. The van der Waals surface area contributed by atoms with E-state index in [-0.39, 0.29) is 0 Å². The van der Waals surface area contributed by atoms with Crippen LogP contribution in [0.15, 0.2) is 12.1 Å². The molecule has 0 unspecified atom stereocenters. The van der Waals surface area contributed by atoms with Crippen LogP contribution in [0.1, 0.15) is 17.0 Å². The molecule has 1 aromatic rings. The number of hydrogen-bond acceptors (Lipinski definition) is 2. The molecule has 0 amide bonds. The van der Waals surface area contributed by atoms with Gasteiger partial charge in [-0.25, -0.2) is 0 Å². The Labute approximate surface area is 59.9 Å². The summed E-state index contributed by atoms with van der Waals surface area (Å²) in [5, 5.41) is 0. The van der Waals surface area contributed by atoms with Crippen LogP contribution in [0.3, 0.4) is 0 Å². The smallest absolute Gasteiger partial charge is 0.235 e. The number of nitrogens with zero attached hydrogens (tertiary/aromatic N) is 1. The number of carbonyl (C=O) groups excluding carboxylic acids is 1. The van der Waals surface area contributed by atoms with Gasteiger partial charge < -0.3 is 0 Å². The van der Waals surface area contributed by atoms with Crippen LogP contribution >= 0.6 is 0 Å². The minimum absolute atomic E-state index is 0.547. The minimum Gasteiger partial charge on any atom is -0.285 e. The Bertz CT molecular complexity index is 255. The maximum atomic E-state index is 10.2. The van der Waals surface area contributed by atoms with Crippen molar-refractivity contribution in [3.63, 3.8) is 0 Å². The standard InChI is InChI=1S/C8H8NO/c1-6-3-4-8(5-10)7(2)9-6/h3-4H,1-2H3. The van der Waals surface area contributed by atoms with Gasteiger partial charge >= 0.3 is 0 Å². The molecule has 51 valence electrons. The van der Waals surface area contributed by atoms with Crippen LogP contribution in [0.2, 0.25) is 0 Å². The molecule has 0 fully saturated rings. The molecule has 0 aliphatic heterocycles. The summed E-state index contributed by atoms with van der Waals surface area (Å²) in [4.78, 5) is 14.3. The maximum absolute atomic E-state index is 10.2. The fourth-order valence-corrected chi connectivity index (χ4v) is 0.794. The molecule has 2 heteroatoms. The summed E-state index contributed by atoms with van der Waals surface area (Å²) in [6.45, 7) is 3.69. The number of hydrogen-bond donors (Lipinski definition) is 0. The Morgan fingerprint density at radius 3 is 2.60 bits per heavy atom. The van der Waals surface area contributed by atoms with Gasteiger partial charge in [-0.3, -0.25) is 9.78 Å². The summed E-state index contributed by atoms with van der Waals surface area (Å²) < 4.78 is 0. The summed E-state index contributed by atoms with van der Waals surface area (Å²) in [5.74, 6) is 0. The molecular weight excluding hydrogens is 126 g/mol. The first-order valence-corrected chi connectivity index (χ1v) is 3.06. The zero-order valence-electron chi connectivity index (χ0n) is 6.01. The highest BCUT2D eigenvalue weighted by Crippen LogP contribution is 2.02. The highest BCUT2D eigenvalue weighted by Gasteiger charge is 1.96. The van der Waals surface area contributed by atoms with Crippen molar-refractivity contribution in [1.29, 1.82) is 0 Å². The third kappa shape index (κ3) is 1.21. The van der Waals surface area contributed by atoms with Crippen LogP contribution in [0.25, 0.3) is 0 Å². The third-order valence-electron chi connectivity index (χ3n) is 1.34. The third-order valence-corrected chi connectivity index (χ3v) is 1.34. The van der Waals surface area contributed by atoms with Crippen LogP contribution in [0.4, 0.5) is 0 Å². The summed E-state index contributed by atoms with van der Waals surface area (Å²) >= 11 is 0. The van der Waals surface area contributed by atoms with Crippen LogP contribution in [0, 0.1) is 13.8 Å². The zero-order chi connectivity index (χ0) is 7.56. The first-order valence-electron chi connectivity index (χ1n) is 3.06. The summed E-state index contributed by atoms with van der Waals surface area (Å²) in [5.41, 5.74) is 2.22. The molecule has 0 spiro atoms. The molecule has 1 heterocycles. The zero-order valence-corrected chi connectivity index (χ0v) is 6.01. The van der Waals surface area contributed by atoms with Crippen molar-refractivity contribution < 1.29 is 4.79 Å². The summed E-state index contributed by atoms with van der Waals surface area (Å²) in [6.07, 6.45) is 1.81. The number of rotatable bonds is 1. The van der Waals surface area contributed by atoms with E-state index in [1.807, 2.05) is 13.2 Å². The van der Waals surface area contributed by atoms with E-state index in [0.29, 0.717) is 5.56 Å². The summed E-state index contributed by atoms with van der Waals surface area (Å²) in [6, 6.07) is 3.53. The lowest BCUT2D eigenvalue weighted by Crippen LogP contribution is -1.91. The van der Waals surface area contributed by atoms with E-state index in [0.717, 1.165) is 11.4 Å². The van der Waals surface area contributed by atoms with Crippen molar-refractivity contribution in [2.24, 2.45) is 0 Å². The van der Waals surface area contributed by atoms with E-state index in [1.165, 1.54) is 0 Å². The van der Waals surface area contributed by atoms with Crippen molar-refractivity contribution in [2.45, 2.75) is 13.8 Å². The molecule has 0 saturated heterocycles. The molecule has 1 radical (unpaired) electrons. The predicted molar refractivity (Wildman–Crippen MR) is 38.5 cm³/mol. The topological polar surface area (TPSA) is 30.0 Å². The predicted octanol–water partition coefficient (Wildman–Crippen LogP) is 1.16. The largest absolute Gasteiger partial charge is 0.285 e. The van der Waals surface area contributed by atoms with E-state index in [9.17, 15) is 4.79 Å². The van der Waals surface area contributed by atoms with Gasteiger partial charge in [0.1, 0.15) is 0 Å². The van der Waals surface area contributed by atoms with Crippen LogP contribution < -0.4 is 0 Å². The SMILES string of the molecule is Cc1ccc([C]=O)c(C)n1. The molecule has 2 nitrogen and oxygen atoms in total. The highest BCUT2D eigenvalue weighted by atomic mass is 16.1. The number of pyridine rings is 1. The fraction of sp³-hybridized carbons (Fsp3) is 0.250. The highest BCUT2D eigenvalue weighted by molar-refractivity contribution is 5.76. The van der Waals surface area contributed by atoms with E-state index < -0.39 is 0 Å². The van der Waals surface area contributed by atoms with Crippen LogP contribution in [-0.4, -0.2) is 11.3 Å². The number of aryl methyl sites for hydroxylation is 2. The van der Waals surface area contributed by atoms with Gasteiger partial charge in [0.25, 0.3) is 0 Å². The van der Waals surface area contributed by atoms with Gasteiger partial charge in [0.2, 0.25) is 6.29 Å². The maximum Gasteiger partial charge on any atom is 0.235 e. The normalized spacial score (nSPS) is 9.40. The second-order valence-electron chi connectivity index (χ2n) is 2.19. The van der Waals surface area contributed by atoms with Gasteiger partial charge in [-0.15, -0.1) is 0 Å². The lowest BCUT2D eigenvalue weighted by molar-refractivity contribution is 0.562. The first kappa shape index (κ1) is 6.93. The second-order valence-corrected chi connectivity index (χ2v) is 2.19. The van der Waals surface area contributed by atoms with Crippen molar-refractivity contribution >= 4 is 6.29 Å². The number of aromatic nitrogens is 1. The van der Waals surface area contributed by atoms with Gasteiger partial charge in [-0.2, -0.15) is 0 Å². The van der Waals surface area contributed by atoms with Gasteiger partial charge in [-0.1, -0.05) is 0 Å². The Morgan fingerprint density at radius 1 is 1.40 bits per heavy atom. The Morgan fingerprint density at radius 2 is 2.10 bits per heavy atom. The van der Waals surface area contributed by atoms with E-state index in [4.69, 9.17) is 0 Å². The average Bonchev–Trinajstić information content (AvgIpc) is 1.88. The molecule has 0 N–H and O–H groups in total. The van der Waals surface area contributed by atoms with Crippen molar-refractivity contribution in [2.75, 3.05) is 0 Å². The van der Waals surface area contributed by atoms with Gasteiger partial charge in [0, 0.05) is 17.0 Å². The molecule has 0 atom stereocenters. The molecule has 0 saturated carbocycles. The van der Waals surface area contributed by atoms with Crippen molar-refractivity contribution in [3.8, 4) is 0 Å². The lowest BCUT2D eigenvalue weighted by atomic mass is 10.2. The minimum atomic E-state index is 0.547. The van der Waals surface area contributed by atoms with Crippen LogP contribution in [-0.2, 0) is 4.79 Å². The molecule has 0 aliphatic rings. The molecule has 1 rings (SSSR count). The first-order chi connectivity index (χ1) is 4.74. The Kier molecular flexibility index (Phi) is 1.81. The van der Waals surface area contributed by atoms with E-state index in [2.05, 4.69) is 4.98 Å². The molecule has 1 aromatic heterocycles. The monoisotopic (exact) mass is 134 g/mol. The molecule has 0 aliphatic carbocycles. The lowest BCUT2D eigenvalue weighted by Gasteiger charge is -1.95. The molecule has 10 heavy (non-hydrogen) atoms. The average molecular weight is 134 g/mol. The quantitative estimate of drug-likeness (QED) is 0.576. The summed E-state index contributed by atoms with van der Waals surface area (Å²) in [7, 11) is 0. The molecule has 0 aromatic carbocycles. The van der Waals surface area contributed by atoms with Gasteiger partial charge in [0.05, 0.1) is 0 Å². The fourth-order valence-electron chi connectivity index (χ4n) is 0.794. The second kappa shape index (κ2) is 2.60. The van der Waals surface area contributed by atoms with Gasteiger partial charge in [0.15, 0.2) is 0 Å². The van der Waals surface area contributed by atoms with Gasteiger partial charge in [-0.05, 0) is 26.0 Å². The molecule has 0 bridgehead atoms. The van der Waals surface area contributed by atoms with E-state index >= 15 is 0 Å². The van der Waals surface area contributed by atoms with Crippen molar-refractivity contribution in [3.05, 3.63) is 29.1 Å². The van der Waals surface area contributed by atoms with E-state index in [1.54, 1.807) is 19.1 Å². The van der Waals surface area contributed by atoms with Crippen LogP contribution in [0.5, 0.6) is 0 Å². The van der Waals surface area contributed by atoms with Crippen molar-refractivity contribution in [1.82, 2.24) is 4.98 Å². The Balaban J connectivity index is 3.19. The molecular formula is C8H8NO.